The Morgan fingerprint density at radius 2 is 1.65 bits per heavy atom. The molecule has 172 valence electrons. The SMILES string of the molecule is C=C/C=C\C(=C/CC)c1ccc(C(=O)Nc2cc(C)cc(N)c2)o1.CC.CC.CCC. The van der Waals surface area contributed by atoms with E-state index in [0.717, 1.165) is 17.6 Å². The summed E-state index contributed by atoms with van der Waals surface area (Å²) in [5.74, 6) is 0.581. The largest absolute Gasteiger partial charge is 0.451 e. The van der Waals surface area contributed by atoms with Crippen LogP contribution >= 0.6 is 0 Å². The summed E-state index contributed by atoms with van der Waals surface area (Å²) in [6.45, 7) is 19.9. The topological polar surface area (TPSA) is 68.3 Å². The number of aryl methyl sites for hydroxylation is 1. The quantitative estimate of drug-likeness (QED) is 0.360. The zero-order valence-electron chi connectivity index (χ0n) is 20.7. The Bertz CT molecular complexity index is 794. The highest BCUT2D eigenvalue weighted by Crippen LogP contribution is 2.22. The molecular weight excluding hydrogens is 384 g/mol. The maximum Gasteiger partial charge on any atom is 0.291 e. The van der Waals surface area contributed by atoms with Gasteiger partial charge in [0.1, 0.15) is 5.76 Å². The molecule has 0 saturated carbocycles. The van der Waals surface area contributed by atoms with Crippen LogP contribution in [0.1, 0.15) is 83.2 Å². The van der Waals surface area contributed by atoms with Crippen molar-refractivity contribution in [2.24, 2.45) is 0 Å². The molecule has 2 rings (SSSR count). The maximum absolute atomic E-state index is 12.3. The van der Waals surface area contributed by atoms with Gasteiger partial charge in [0.05, 0.1) is 0 Å². The summed E-state index contributed by atoms with van der Waals surface area (Å²) < 4.78 is 5.69. The van der Waals surface area contributed by atoms with Crippen molar-refractivity contribution in [3.63, 3.8) is 0 Å². The average molecular weight is 427 g/mol. The molecule has 0 bridgehead atoms. The highest BCUT2D eigenvalue weighted by Gasteiger charge is 2.13. The van der Waals surface area contributed by atoms with E-state index in [9.17, 15) is 4.79 Å². The van der Waals surface area contributed by atoms with Crippen LogP contribution in [0.15, 0.2) is 65.6 Å². The summed E-state index contributed by atoms with van der Waals surface area (Å²) in [4.78, 5) is 12.3. The number of benzene rings is 1. The van der Waals surface area contributed by atoms with Crippen LogP contribution in [0.25, 0.3) is 5.57 Å². The van der Waals surface area contributed by atoms with Crippen LogP contribution in [-0.2, 0) is 0 Å². The normalized spacial score (nSPS) is 10.0. The first-order chi connectivity index (χ1) is 14.9. The third kappa shape index (κ3) is 12.3. The third-order valence-electron chi connectivity index (χ3n) is 3.31. The lowest BCUT2D eigenvalue weighted by molar-refractivity contribution is 0.0996. The number of nitrogens with two attached hydrogens (primary N) is 1. The minimum atomic E-state index is -0.310. The summed E-state index contributed by atoms with van der Waals surface area (Å²) in [5, 5.41) is 2.80. The third-order valence-corrected chi connectivity index (χ3v) is 3.31. The number of carbonyl (C=O) groups is 1. The minimum Gasteiger partial charge on any atom is -0.451 e. The van der Waals surface area contributed by atoms with E-state index < -0.39 is 0 Å². The van der Waals surface area contributed by atoms with E-state index in [-0.39, 0.29) is 11.7 Å². The van der Waals surface area contributed by atoms with E-state index in [4.69, 9.17) is 10.2 Å². The molecule has 0 fully saturated rings. The molecule has 1 amide bonds. The van der Waals surface area contributed by atoms with Gasteiger partial charge in [-0.05, 0) is 49.2 Å². The van der Waals surface area contributed by atoms with Crippen LogP contribution in [0.2, 0.25) is 0 Å². The predicted octanol–water partition coefficient (Wildman–Crippen LogP) is 8.43. The van der Waals surface area contributed by atoms with E-state index >= 15 is 0 Å². The number of amides is 1. The number of nitrogens with one attached hydrogen (secondary N) is 1. The fraction of sp³-hybridized carbons (Fsp3) is 0.370. The van der Waals surface area contributed by atoms with E-state index in [1.165, 1.54) is 6.42 Å². The molecule has 0 aliphatic heterocycles. The van der Waals surface area contributed by atoms with Gasteiger partial charge in [0.2, 0.25) is 0 Å². The van der Waals surface area contributed by atoms with E-state index in [1.54, 1.807) is 24.3 Å². The number of carbonyl (C=O) groups excluding carboxylic acids is 1. The summed E-state index contributed by atoms with van der Waals surface area (Å²) in [6.07, 6.45) is 9.57. The lowest BCUT2D eigenvalue weighted by atomic mass is 10.1. The number of hydrogen-bond donors (Lipinski definition) is 2. The molecule has 4 nitrogen and oxygen atoms in total. The zero-order valence-corrected chi connectivity index (χ0v) is 20.7. The molecule has 4 heteroatoms. The Morgan fingerprint density at radius 1 is 1.06 bits per heavy atom. The summed E-state index contributed by atoms with van der Waals surface area (Å²) in [7, 11) is 0. The molecule has 0 aliphatic carbocycles. The highest BCUT2D eigenvalue weighted by molar-refractivity contribution is 6.02. The van der Waals surface area contributed by atoms with E-state index in [2.05, 4.69) is 25.7 Å². The molecule has 0 unspecified atom stereocenters. The smallest absolute Gasteiger partial charge is 0.291 e. The van der Waals surface area contributed by atoms with Crippen molar-refractivity contribution in [3.05, 3.63) is 78.3 Å². The number of furan rings is 1. The first-order valence-corrected chi connectivity index (χ1v) is 11.2. The van der Waals surface area contributed by atoms with Crippen LogP contribution in [0.3, 0.4) is 0 Å². The lowest BCUT2D eigenvalue weighted by Gasteiger charge is -2.06. The van der Waals surface area contributed by atoms with Crippen molar-refractivity contribution in [1.29, 1.82) is 0 Å². The molecule has 0 spiro atoms. The van der Waals surface area contributed by atoms with Crippen molar-refractivity contribution in [2.75, 3.05) is 11.1 Å². The Balaban J connectivity index is 0. The molecule has 1 heterocycles. The van der Waals surface area contributed by atoms with Gasteiger partial charge in [-0.25, -0.2) is 0 Å². The van der Waals surface area contributed by atoms with E-state index in [1.807, 2.05) is 71.9 Å². The Hall–Kier alpha value is -3.01. The van der Waals surface area contributed by atoms with Crippen LogP contribution in [0, 0.1) is 6.92 Å². The minimum absolute atomic E-state index is 0.249. The summed E-state index contributed by atoms with van der Waals surface area (Å²) in [5.41, 5.74) is 8.94. The molecule has 1 aromatic heterocycles. The van der Waals surface area contributed by atoms with Gasteiger partial charge in [0, 0.05) is 16.9 Å². The molecule has 0 atom stereocenters. The zero-order chi connectivity index (χ0) is 24.2. The van der Waals surface area contributed by atoms with Crippen LogP contribution in [0.5, 0.6) is 0 Å². The molecule has 0 saturated heterocycles. The van der Waals surface area contributed by atoms with Crippen molar-refractivity contribution in [2.45, 2.75) is 68.2 Å². The van der Waals surface area contributed by atoms with Gasteiger partial charge < -0.3 is 15.5 Å². The van der Waals surface area contributed by atoms with Crippen molar-refractivity contribution in [1.82, 2.24) is 0 Å². The first kappa shape index (κ1) is 30.2. The van der Waals surface area contributed by atoms with Gasteiger partial charge in [-0.2, -0.15) is 0 Å². The monoisotopic (exact) mass is 426 g/mol. The Labute approximate surface area is 189 Å². The molecule has 3 N–H and O–H groups in total. The summed E-state index contributed by atoms with van der Waals surface area (Å²) in [6, 6.07) is 8.86. The van der Waals surface area contributed by atoms with Gasteiger partial charge in [-0.1, -0.05) is 85.8 Å². The second-order valence-electron chi connectivity index (χ2n) is 6.12. The number of allylic oxidation sites excluding steroid dienone is 5. The molecular formula is C27H42N2O2. The van der Waals surface area contributed by atoms with Crippen molar-refractivity contribution >= 4 is 22.9 Å². The molecule has 31 heavy (non-hydrogen) atoms. The molecule has 0 aliphatic rings. The lowest BCUT2D eigenvalue weighted by Crippen LogP contribution is -2.11. The fourth-order valence-electron chi connectivity index (χ4n) is 2.34. The average Bonchev–Trinajstić information content (AvgIpc) is 3.24. The number of anilines is 2. The maximum atomic E-state index is 12.3. The molecule has 2 aromatic rings. The van der Waals surface area contributed by atoms with Gasteiger partial charge in [-0.3, -0.25) is 4.79 Å². The fourth-order valence-corrected chi connectivity index (χ4v) is 2.34. The second-order valence-corrected chi connectivity index (χ2v) is 6.12. The van der Waals surface area contributed by atoms with Crippen molar-refractivity contribution < 1.29 is 9.21 Å². The van der Waals surface area contributed by atoms with Crippen LogP contribution in [-0.4, -0.2) is 5.91 Å². The van der Waals surface area contributed by atoms with Crippen LogP contribution < -0.4 is 11.1 Å². The van der Waals surface area contributed by atoms with Gasteiger partial charge in [0.15, 0.2) is 5.76 Å². The standard InChI is InChI=1S/C20H22N2O2.C3H8.2C2H6/c1-4-6-8-15(7-5-2)18-9-10-19(24-18)20(23)22-17-12-14(3)11-16(21)13-17;1-3-2;2*1-2/h4,6-13H,1,5,21H2,2-3H3,(H,22,23);3H2,1-2H3;2*1-2H3/b8-6-,15-7+;;;. The number of rotatable bonds is 6. The second kappa shape index (κ2) is 19.0. The van der Waals surface area contributed by atoms with Gasteiger partial charge in [-0.15, -0.1) is 0 Å². The Morgan fingerprint density at radius 3 is 2.16 bits per heavy atom. The number of hydrogen-bond acceptors (Lipinski definition) is 3. The highest BCUT2D eigenvalue weighted by atomic mass is 16.3. The first-order valence-electron chi connectivity index (χ1n) is 11.2. The number of nitrogen functional groups attached to an aromatic ring is 1. The summed E-state index contributed by atoms with van der Waals surface area (Å²) >= 11 is 0. The predicted molar refractivity (Wildman–Crippen MR) is 139 cm³/mol. The molecule has 1 aromatic carbocycles. The Kier molecular flexibility index (Phi) is 18.5. The van der Waals surface area contributed by atoms with Gasteiger partial charge in [0.25, 0.3) is 5.91 Å². The molecule has 0 radical (unpaired) electrons. The van der Waals surface area contributed by atoms with Crippen molar-refractivity contribution in [3.8, 4) is 0 Å². The van der Waals surface area contributed by atoms with Crippen LogP contribution in [0.4, 0.5) is 11.4 Å². The van der Waals surface area contributed by atoms with E-state index in [0.29, 0.717) is 17.1 Å². The van der Waals surface area contributed by atoms with Gasteiger partial charge >= 0.3 is 0 Å².